The van der Waals surface area contributed by atoms with E-state index in [1.807, 2.05) is 31.2 Å². The fourth-order valence-corrected chi connectivity index (χ4v) is 7.10. The maximum absolute atomic E-state index is 13.9. The summed E-state index contributed by atoms with van der Waals surface area (Å²) in [5.74, 6) is 0.617. The largest absolute Gasteiger partial charge is 0.503 e. The summed E-state index contributed by atoms with van der Waals surface area (Å²) in [5.41, 5.74) is 4.78. The van der Waals surface area contributed by atoms with Crippen molar-refractivity contribution in [3.05, 3.63) is 67.2 Å². The molecule has 0 radical (unpaired) electrons. The highest BCUT2D eigenvalue weighted by atomic mass is 79.9. The molecule has 0 aliphatic heterocycles. The maximum Gasteiger partial charge on any atom is 0.267 e. The van der Waals surface area contributed by atoms with Crippen molar-refractivity contribution in [3.63, 3.8) is 0 Å². The Balaban J connectivity index is 1.40. The lowest BCUT2D eigenvalue weighted by Crippen LogP contribution is -2.24. The van der Waals surface area contributed by atoms with Crippen molar-refractivity contribution in [2.45, 2.75) is 37.8 Å². The van der Waals surface area contributed by atoms with Gasteiger partial charge in [-0.15, -0.1) is 11.3 Å². The van der Waals surface area contributed by atoms with Crippen molar-refractivity contribution in [3.8, 4) is 22.9 Å². The first kappa shape index (κ1) is 28.2. The lowest BCUT2D eigenvalue weighted by molar-refractivity contribution is -0.118. The maximum atomic E-state index is 13.9. The van der Waals surface area contributed by atoms with Crippen LogP contribution in [0.15, 0.2) is 55.9 Å². The van der Waals surface area contributed by atoms with Crippen LogP contribution in [0.3, 0.4) is 0 Å². The van der Waals surface area contributed by atoms with E-state index in [2.05, 4.69) is 26.5 Å². The summed E-state index contributed by atoms with van der Waals surface area (Å²) in [7, 11) is 1.45. The quantitative estimate of drug-likeness (QED) is 0.108. The lowest BCUT2D eigenvalue weighted by atomic mass is 9.97. The number of hydrogen-bond acceptors (Lipinski definition) is 9. The number of nitrogens with zero attached hydrogens (tertiary/aromatic N) is 3. The van der Waals surface area contributed by atoms with E-state index in [-0.39, 0.29) is 28.7 Å². The first-order chi connectivity index (χ1) is 19.4. The molecule has 2 aromatic carbocycles. The van der Waals surface area contributed by atoms with Crippen LogP contribution in [-0.2, 0) is 17.6 Å². The molecule has 1 aliphatic carbocycles. The zero-order valence-electron chi connectivity index (χ0n) is 21.9. The molecule has 0 saturated heterocycles. The van der Waals surface area contributed by atoms with Crippen LogP contribution in [0.2, 0.25) is 0 Å². The van der Waals surface area contributed by atoms with Crippen molar-refractivity contribution < 1.29 is 19.4 Å². The molecule has 0 fully saturated rings. The third kappa shape index (κ3) is 5.89. The number of carbonyl (C=O) groups excluding carboxylic acids is 1. The van der Waals surface area contributed by atoms with Gasteiger partial charge in [0.15, 0.2) is 16.7 Å². The number of hydrogen-bond donors (Lipinski definition) is 2. The Labute approximate surface area is 247 Å². The number of nitrogens with one attached hydrogen (secondary N) is 1. The van der Waals surface area contributed by atoms with E-state index >= 15 is 0 Å². The Morgan fingerprint density at radius 3 is 2.80 bits per heavy atom. The predicted molar refractivity (Wildman–Crippen MR) is 162 cm³/mol. The molecule has 1 aliphatic rings. The molecule has 0 bridgehead atoms. The minimum Gasteiger partial charge on any atom is -0.503 e. The highest BCUT2D eigenvalue weighted by molar-refractivity contribution is 9.10. The van der Waals surface area contributed by atoms with Gasteiger partial charge in [0.25, 0.3) is 11.5 Å². The summed E-state index contributed by atoms with van der Waals surface area (Å²) in [6, 6.07) is 10.6. The molecular weight excluding hydrogens is 616 g/mol. The summed E-state index contributed by atoms with van der Waals surface area (Å²) < 4.78 is 12.7. The molecular formula is C28H27BrN4O5S2. The van der Waals surface area contributed by atoms with Gasteiger partial charge in [-0.25, -0.2) is 10.4 Å². The summed E-state index contributed by atoms with van der Waals surface area (Å²) >= 11 is 6.02. The number of rotatable bonds is 9. The highest BCUT2D eigenvalue weighted by Gasteiger charge is 2.23. The first-order valence-corrected chi connectivity index (χ1v) is 15.3. The van der Waals surface area contributed by atoms with Gasteiger partial charge >= 0.3 is 0 Å². The first-order valence-electron chi connectivity index (χ1n) is 12.7. The van der Waals surface area contributed by atoms with Gasteiger partial charge in [-0.3, -0.25) is 14.2 Å². The summed E-state index contributed by atoms with van der Waals surface area (Å²) in [6.45, 7) is 2.46. The molecule has 2 aromatic heterocycles. The number of thioether (sulfide) groups is 1. The number of aryl methyl sites for hydroxylation is 2. The van der Waals surface area contributed by atoms with E-state index in [9.17, 15) is 14.7 Å². The van der Waals surface area contributed by atoms with E-state index in [0.717, 1.165) is 31.2 Å². The minimum absolute atomic E-state index is 0.00000102. The second-order valence-electron chi connectivity index (χ2n) is 8.99. The number of aromatic hydroxyl groups is 1. The molecule has 0 unspecified atom stereocenters. The molecule has 0 saturated carbocycles. The smallest absolute Gasteiger partial charge is 0.267 e. The molecule has 0 spiro atoms. The number of amides is 1. The van der Waals surface area contributed by atoms with E-state index in [0.29, 0.717) is 43.5 Å². The number of carbonyl (C=O) groups is 1. The highest BCUT2D eigenvalue weighted by Crippen LogP contribution is 2.36. The molecule has 2 heterocycles. The number of fused-ring (bicyclic) bond motifs is 3. The third-order valence-electron chi connectivity index (χ3n) is 6.37. The molecule has 1 amide bonds. The van der Waals surface area contributed by atoms with Gasteiger partial charge in [-0.2, -0.15) is 5.10 Å². The summed E-state index contributed by atoms with van der Waals surface area (Å²) in [4.78, 5) is 33.4. The third-order valence-corrected chi connectivity index (χ3v) is 9.10. The Kier molecular flexibility index (Phi) is 8.77. The molecule has 0 atom stereocenters. The van der Waals surface area contributed by atoms with Gasteiger partial charge in [0, 0.05) is 4.88 Å². The number of thiophene rings is 1. The SMILES string of the molecule is CCOc1ccc(-n2c(SCC(=O)NN=Cc3cc(Br)c(O)c(OC)c3)nc3sc4c(c3c2=O)CCCC4)cc1. The number of phenolic OH excluding ortho intramolecular Hbond substituents is 1. The number of aromatic nitrogens is 2. The standard InChI is InChI=1S/C28H27BrN4O5S2/c1-3-38-18-10-8-17(9-11-18)33-27(36)24-19-6-4-5-7-22(19)40-26(24)31-28(33)39-15-23(34)32-30-14-16-12-20(29)25(35)21(13-16)37-2/h8-14,35H,3-7,15H2,1-2H3,(H,32,34). The van der Waals surface area contributed by atoms with Crippen LogP contribution in [-0.4, -0.2) is 46.2 Å². The predicted octanol–water partition coefficient (Wildman–Crippen LogP) is 5.44. The van der Waals surface area contributed by atoms with Crippen LogP contribution in [0, 0.1) is 0 Å². The van der Waals surface area contributed by atoms with Crippen LogP contribution in [0.4, 0.5) is 0 Å². The lowest BCUT2D eigenvalue weighted by Gasteiger charge is -2.14. The van der Waals surface area contributed by atoms with Crippen LogP contribution in [0.5, 0.6) is 17.2 Å². The van der Waals surface area contributed by atoms with Gasteiger partial charge < -0.3 is 14.6 Å². The fourth-order valence-electron chi connectivity index (χ4n) is 4.53. The van der Waals surface area contributed by atoms with Gasteiger partial charge in [0.1, 0.15) is 10.6 Å². The van der Waals surface area contributed by atoms with Crippen molar-refractivity contribution in [1.29, 1.82) is 0 Å². The fraction of sp³-hybridized carbons (Fsp3) is 0.286. The van der Waals surface area contributed by atoms with Crippen molar-refractivity contribution in [2.75, 3.05) is 19.5 Å². The van der Waals surface area contributed by atoms with Crippen LogP contribution in [0.1, 0.15) is 35.8 Å². The van der Waals surface area contributed by atoms with Crippen molar-refractivity contribution in [1.82, 2.24) is 15.0 Å². The number of ether oxygens (including phenoxy) is 2. The van der Waals surface area contributed by atoms with E-state index in [1.54, 1.807) is 28.0 Å². The number of hydrazone groups is 1. The van der Waals surface area contributed by atoms with Crippen LogP contribution in [0.25, 0.3) is 15.9 Å². The number of benzene rings is 2. The molecule has 2 N–H and O–H groups in total. The van der Waals surface area contributed by atoms with E-state index in [4.69, 9.17) is 14.5 Å². The number of halogens is 1. The van der Waals surface area contributed by atoms with Crippen molar-refractivity contribution >= 4 is 61.4 Å². The average Bonchev–Trinajstić information content (AvgIpc) is 3.33. The van der Waals surface area contributed by atoms with Gasteiger partial charge in [0.05, 0.1) is 41.2 Å². The number of phenols is 1. The van der Waals surface area contributed by atoms with Crippen molar-refractivity contribution in [2.24, 2.45) is 5.10 Å². The second kappa shape index (κ2) is 12.4. The summed E-state index contributed by atoms with van der Waals surface area (Å²) in [5, 5.41) is 15.1. The monoisotopic (exact) mass is 642 g/mol. The number of methoxy groups -OCH3 is 1. The second-order valence-corrected chi connectivity index (χ2v) is 11.9. The Hall–Kier alpha value is -3.35. The molecule has 9 nitrogen and oxygen atoms in total. The van der Waals surface area contributed by atoms with Gasteiger partial charge in [-0.1, -0.05) is 11.8 Å². The Bertz CT molecular complexity index is 1650. The minimum atomic E-state index is -0.357. The zero-order valence-corrected chi connectivity index (χ0v) is 25.1. The normalized spacial score (nSPS) is 13.0. The Morgan fingerprint density at radius 2 is 2.05 bits per heavy atom. The molecule has 5 rings (SSSR count). The zero-order chi connectivity index (χ0) is 28.2. The molecule has 208 valence electrons. The van der Waals surface area contributed by atoms with Gasteiger partial charge in [-0.05, 0) is 96.1 Å². The van der Waals surface area contributed by atoms with Gasteiger partial charge in [0.2, 0.25) is 0 Å². The summed E-state index contributed by atoms with van der Waals surface area (Å²) in [6.07, 6.45) is 5.47. The van der Waals surface area contributed by atoms with E-state index in [1.165, 1.54) is 30.0 Å². The van der Waals surface area contributed by atoms with Crippen LogP contribution < -0.4 is 20.5 Å². The average molecular weight is 644 g/mol. The Morgan fingerprint density at radius 1 is 1.27 bits per heavy atom. The molecule has 40 heavy (non-hydrogen) atoms. The topological polar surface area (TPSA) is 115 Å². The van der Waals surface area contributed by atoms with E-state index < -0.39 is 0 Å². The van der Waals surface area contributed by atoms with Crippen LogP contribution >= 0.6 is 39.0 Å². The molecule has 4 aromatic rings. The molecule has 12 heteroatoms.